The van der Waals surface area contributed by atoms with E-state index in [0.717, 1.165) is 30.0 Å². The standard InChI is InChI=1S/C19H22ClNO3S/c20-16-3-1-2-15(12-16)14-4-8-21(9-5-14)18(22)17-13-19(17)6-10-25(23,24)11-7-19/h1-4,12,17H,5-11,13H2. The molecule has 1 saturated carbocycles. The molecule has 0 N–H and O–H groups in total. The molecule has 1 spiro atoms. The lowest BCUT2D eigenvalue weighted by molar-refractivity contribution is -0.133. The van der Waals surface area contributed by atoms with Crippen LogP contribution in [0.15, 0.2) is 30.3 Å². The van der Waals surface area contributed by atoms with Gasteiger partial charge in [0.1, 0.15) is 9.84 Å². The second-order valence-electron chi connectivity index (χ2n) is 7.54. The fraction of sp³-hybridized carbons (Fsp3) is 0.526. The summed E-state index contributed by atoms with van der Waals surface area (Å²) in [6, 6.07) is 7.82. The molecule has 2 heterocycles. The third-order valence-electron chi connectivity index (χ3n) is 6.03. The highest BCUT2D eigenvalue weighted by Crippen LogP contribution is 2.60. The molecule has 2 aliphatic heterocycles. The van der Waals surface area contributed by atoms with Crippen LogP contribution >= 0.6 is 11.6 Å². The van der Waals surface area contributed by atoms with Crippen LogP contribution in [0.25, 0.3) is 5.57 Å². The van der Waals surface area contributed by atoms with E-state index in [9.17, 15) is 13.2 Å². The van der Waals surface area contributed by atoms with Gasteiger partial charge in [-0.25, -0.2) is 8.42 Å². The average Bonchev–Trinajstić information content (AvgIpc) is 3.32. The number of amides is 1. The third-order valence-corrected chi connectivity index (χ3v) is 7.91. The maximum Gasteiger partial charge on any atom is 0.226 e. The molecule has 134 valence electrons. The Morgan fingerprint density at radius 2 is 2.00 bits per heavy atom. The molecule has 6 heteroatoms. The summed E-state index contributed by atoms with van der Waals surface area (Å²) >= 11 is 6.06. The summed E-state index contributed by atoms with van der Waals surface area (Å²) in [5, 5.41) is 0.726. The Kier molecular flexibility index (Phi) is 4.19. The van der Waals surface area contributed by atoms with Gasteiger partial charge in [-0.2, -0.15) is 0 Å². The zero-order valence-electron chi connectivity index (χ0n) is 14.1. The van der Waals surface area contributed by atoms with Crippen molar-refractivity contribution in [3.05, 3.63) is 40.9 Å². The summed E-state index contributed by atoms with van der Waals surface area (Å²) in [6.07, 6.45) is 5.13. The maximum atomic E-state index is 12.8. The summed E-state index contributed by atoms with van der Waals surface area (Å²) < 4.78 is 23.3. The molecule has 1 unspecified atom stereocenters. The van der Waals surface area contributed by atoms with Crippen molar-refractivity contribution >= 4 is 32.9 Å². The molecule has 25 heavy (non-hydrogen) atoms. The van der Waals surface area contributed by atoms with Gasteiger partial charge in [0, 0.05) is 24.0 Å². The van der Waals surface area contributed by atoms with E-state index in [-0.39, 0.29) is 28.7 Å². The van der Waals surface area contributed by atoms with Crippen LogP contribution in [0, 0.1) is 11.3 Å². The number of benzene rings is 1. The van der Waals surface area contributed by atoms with Crippen LogP contribution in [0.5, 0.6) is 0 Å². The Hall–Kier alpha value is -1.33. The normalized spacial score (nSPS) is 27.0. The minimum absolute atomic E-state index is 0.0284. The predicted molar refractivity (Wildman–Crippen MR) is 99.1 cm³/mol. The summed E-state index contributed by atoms with van der Waals surface area (Å²) in [5.74, 6) is 0.732. The first-order valence-electron chi connectivity index (χ1n) is 8.83. The first-order chi connectivity index (χ1) is 11.9. The molecule has 1 saturated heterocycles. The average molecular weight is 380 g/mol. The summed E-state index contributed by atoms with van der Waals surface area (Å²) in [7, 11) is -2.87. The molecular weight excluding hydrogens is 358 g/mol. The van der Waals surface area contributed by atoms with Gasteiger partial charge in [-0.3, -0.25) is 4.79 Å². The van der Waals surface area contributed by atoms with Crippen LogP contribution in [0.1, 0.15) is 31.2 Å². The molecule has 0 aromatic heterocycles. The molecule has 1 aliphatic carbocycles. The molecule has 1 atom stereocenters. The Labute approximate surface area is 153 Å². The summed E-state index contributed by atoms with van der Waals surface area (Å²) in [5.41, 5.74) is 2.33. The Balaban J connectivity index is 1.39. The number of halogens is 1. The van der Waals surface area contributed by atoms with E-state index in [1.54, 1.807) is 0 Å². The van der Waals surface area contributed by atoms with E-state index in [1.165, 1.54) is 5.57 Å². The van der Waals surface area contributed by atoms with E-state index in [0.29, 0.717) is 19.4 Å². The van der Waals surface area contributed by atoms with Gasteiger partial charge in [0.25, 0.3) is 0 Å². The van der Waals surface area contributed by atoms with Crippen molar-refractivity contribution in [2.24, 2.45) is 11.3 Å². The zero-order valence-corrected chi connectivity index (χ0v) is 15.7. The molecule has 2 fully saturated rings. The van der Waals surface area contributed by atoms with Crippen LogP contribution in [-0.4, -0.2) is 43.8 Å². The highest BCUT2D eigenvalue weighted by atomic mass is 35.5. The minimum Gasteiger partial charge on any atom is -0.338 e. The molecule has 4 nitrogen and oxygen atoms in total. The largest absolute Gasteiger partial charge is 0.338 e. The molecule has 4 rings (SSSR count). The lowest BCUT2D eigenvalue weighted by Gasteiger charge is -2.29. The molecular formula is C19H22ClNO3S. The molecule has 0 bridgehead atoms. The van der Waals surface area contributed by atoms with Gasteiger partial charge in [-0.05, 0) is 54.4 Å². The van der Waals surface area contributed by atoms with Gasteiger partial charge in [0.2, 0.25) is 5.91 Å². The SMILES string of the molecule is O=C(C1CC12CCS(=O)(=O)CC2)N1CC=C(c2cccc(Cl)c2)CC1. The molecule has 1 aromatic carbocycles. The van der Waals surface area contributed by atoms with Gasteiger partial charge in [0.05, 0.1) is 11.5 Å². The lowest BCUT2D eigenvalue weighted by atomic mass is 9.95. The first-order valence-corrected chi connectivity index (χ1v) is 11.0. The molecule has 1 aromatic rings. The van der Waals surface area contributed by atoms with Crippen molar-refractivity contribution in [3.8, 4) is 0 Å². The maximum absolute atomic E-state index is 12.8. The second-order valence-corrected chi connectivity index (χ2v) is 10.3. The van der Waals surface area contributed by atoms with Crippen molar-refractivity contribution in [3.63, 3.8) is 0 Å². The predicted octanol–water partition coefficient (Wildman–Crippen LogP) is 3.17. The number of carbonyl (C=O) groups is 1. The van der Waals surface area contributed by atoms with Gasteiger partial charge in [-0.15, -0.1) is 0 Å². The van der Waals surface area contributed by atoms with Crippen LogP contribution in [0.2, 0.25) is 5.02 Å². The van der Waals surface area contributed by atoms with E-state index < -0.39 is 9.84 Å². The van der Waals surface area contributed by atoms with Crippen molar-refractivity contribution in [2.45, 2.75) is 25.7 Å². The lowest BCUT2D eigenvalue weighted by Crippen LogP contribution is -2.38. The van der Waals surface area contributed by atoms with Crippen molar-refractivity contribution < 1.29 is 13.2 Å². The zero-order chi connectivity index (χ0) is 17.7. The third kappa shape index (κ3) is 3.36. The van der Waals surface area contributed by atoms with Crippen LogP contribution < -0.4 is 0 Å². The number of nitrogens with zero attached hydrogens (tertiary/aromatic N) is 1. The van der Waals surface area contributed by atoms with Gasteiger partial charge < -0.3 is 4.90 Å². The van der Waals surface area contributed by atoms with Crippen LogP contribution in [0.4, 0.5) is 0 Å². The Morgan fingerprint density at radius 1 is 1.24 bits per heavy atom. The fourth-order valence-corrected chi connectivity index (χ4v) is 6.06. The molecule has 0 radical (unpaired) electrons. The van der Waals surface area contributed by atoms with Crippen LogP contribution in [0.3, 0.4) is 0 Å². The van der Waals surface area contributed by atoms with Crippen molar-refractivity contribution in [2.75, 3.05) is 24.6 Å². The van der Waals surface area contributed by atoms with Crippen molar-refractivity contribution in [1.82, 2.24) is 4.90 Å². The second kappa shape index (κ2) is 6.13. The highest BCUT2D eigenvalue weighted by Gasteiger charge is 2.60. The number of carbonyl (C=O) groups excluding carboxylic acids is 1. The van der Waals surface area contributed by atoms with Crippen molar-refractivity contribution in [1.29, 1.82) is 0 Å². The smallest absolute Gasteiger partial charge is 0.226 e. The van der Waals surface area contributed by atoms with Crippen LogP contribution in [-0.2, 0) is 14.6 Å². The monoisotopic (exact) mass is 379 g/mol. The number of hydrogen-bond acceptors (Lipinski definition) is 3. The Bertz CT molecular complexity index is 832. The number of hydrogen-bond donors (Lipinski definition) is 0. The van der Waals surface area contributed by atoms with Gasteiger partial charge in [0.15, 0.2) is 0 Å². The van der Waals surface area contributed by atoms with Gasteiger partial charge >= 0.3 is 0 Å². The highest BCUT2D eigenvalue weighted by molar-refractivity contribution is 7.91. The van der Waals surface area contributed by atoms with E-state index in [1.807, 2.05) is 29.2 Å². The van der Waals surface area contributed by atoms with E-state index in [4.69, 9.17) is 11.6 Å². The summed E-state index contributed by atoms with van der Waals surface area (Å²) in [4.78, 5) is 14.7. The van der Waals surface area contributed by atoms with E-state index in [2.05, 4.69) is 6.08 Å². The Morgan fingerprint density at radius 3 is 2.64 bits per heavy atom. The quantitative estimate of drug-likeness (QED) is 0.793. The topological polar surface area (TPSA) is 54.5 Å². The van der Waals surface area contributed by atoms with Gasteiger partial charge in [-0.1, -0.05) is 29.8 Å². The minimum atomic E-state index is -2.87. The number of sulfone groups is 1. The fourth-order valence-electron chi connectivity index (χ4n) is 4.23. The summed E-state index contributed by atoms with van der Waals surface area (Å²) in [6.45, 7) is 1.35. The first kappa shape index (κ1) is 17.1. The van der Waals surface area contributed by atoms with E-state index >= 15 is 0 Å². The molecule has 3 aliphatic rings. The number of rotatable bonds is 2. The molecule has 1 amide bonds.